The smallest absolute Gasteiger partial charge is 0.242 e. The molecule has 0 fully saturated rings. The van der Waals surface area contributed by atoms with E-state index in [4.69, 9.17) is 5.73 Å². The first kappa shape index (κ1) is 29.5. The van der Waals surface area contributed by atoms with Crippen molar-refractivity contribution in [2.24, 2.45) is 10.9 Å². The van der Waals surface area contributed by atoms with Gasteiger partial charge in [0.05, 0.1) is 6.54 Å². The summed E-state index contributed by atoms with van der Waals surface area (Å²) in [4.78, 5) is 57.6. The number of carbonyl (C=O) groups excluding carboxylic acids is 4. The van der Waals surface area contributed by atoms with Gasteiger partial charge >= 0.3 is 0 Å². The molecule has 0 spiro atoms. The zero-order valence-corrected chi connectivity index (χ0v) is 19.5. The maximum Gasteiger partial charge on any atom is 0.242 e. The highest BCUT2D eigenvalue weighted by Crippen LogP contribution is 2.03. The number of nitrogens with zero attached hydrogens (tertiary/aromatic N) is 1. The van der Waals surface area contributed by atoms with Crippen LogP contribution in [-0.4, -0.2) is 49.3 Å². The minimum Gasteiger partial charge on any atom is -0.370 e. The summed E-state index contributed by atoms with van der Waals surface area (Å²) in [5.41, 5.74) is 5.17. The lowest BCUT2D eigenvalue weighted by Gasteiger charge is -2.18. The highest BCUT2D eigenvalue weighted by molar-refractivity contribution is 5.88. The van der Waals surface area contributed by atoms with Crippen LogP contribution in [-0.2, 0) is 19.2 Å². The van der Waals surface area contributed by atoms with Gasteiger partial charge in [-0.25, -0.2) is 0 Å². The first-order valence-corrected chi connectivity index (χ1v) is 11.8. The lowest BCUT2D eigenvalue weighted by Crippen LogP contribution is -2.47. The van der Waals surface area contributed by atoms with Gasteiger partial charge in [0.25, 0.3) is 0 Å². The fraction of sp³-hybridized carbons (Fsp3) is 0.818. The number of rotatable bonds is 21. The van der Waals surface area contributed by atoms with Crippen LogP contribution in [0.1, 0.15) is 90.4 Å². The molecule has 0 aromatic carbocycles. The third-order valence-electron chi connectivity index (χ3n) is 4.97. The molecule has 4 amide bonds. The predicted molar refractivity (Wildman–Crippen MR) is 124 cm³/mol. The van der Waals surface area contributed by atoms with Crippen LogP contribution < -0.4 is 21.7 Å². The molecule has 0 aromatic rings. The molecule has 0 saturated heterocycles. The lowest BCUT2D eigenvalue weighted by molar-refractivity contribution is -0.130. The molecular formula is C22H41N5O5. The standard InChI is InChI=1S/C22H41N5O5/c1-2-3-4-7-15-24-20(29)11-10-12-21(30)27-18(13-14-19(23)28)22(31)25-16-8-5-6-9-17-26-32/h18H,2-17H2,1H3,(H2,23,28)(H,24,29)(H,25,31)(H,27,30). The van der Waals surface area contributed by atoms with Crippen molar-refractivity contribution in [1.29, 1.82) is 0 Å². The molecule has 0 rings (SSSR count). The van der Waals surface area contributed by atoms with E-state index in [1.165, 1.54) is 0 Å². The van der Waals surface area contributed by atoms with Gasteiger partial charge in [0.15, 0.2) is 0 Å². The third kappa shape index (κ3) is 18.3. The van der Waals surface area contributed by atoms with Crippen LogP contribution in [0.4, 0.5) is 0 Å². The second-order valence-electron chi connectivity index (χ2n) is 7.95. The Morgan fingerprint density at radius 3 is 2.06 bits per heavy atom. The first-order valence-electron chi connectivity index (χ1n) is 11.8. The van der Waals surface area contributed by atoms with Crippen molar-refractivity contribution in [3.63, 3.8) is 0 Å². The molecule has 10 heteroatoms. The summed E-state index contributed by atoms with van der Waals surface area (Å²) < 4.78 is 0. The van der Waals surface area contributed by atoms with E-state index in [1.54, 1.807) is 0 Å². The minimum atomic E-state index is -0.846. The van der Waals surface area contributed by atoms with Gasteiger partial charge < -0.3 is 21.7 Å². The summed E-state index contributed by atoms with van der Waals surface area (Å²) in [5.74, 6) is -1.33. The Balaban J connectivity index is 4.21. The van der Waals surface area contributed by atoms with E-state index in [0.717, 1.165) is 51.4 Å². The number of primary amides is 1. The number of hydrogen-bond acceptors (Lipinski definition) is 6. The molecule has 1 atom stereocenters. The van der Waals surface area contributed by atoms with Crippen LogP contribution in [0, 0.1) is 4.91 Å². The first-order chi connectivity index (χ1) is 15.4. The van der Waals surface area contributed by atoms with Gasteiger partial charge in [-0.15, -0.1) is 0 Å². The molecule has 0 bridgehead atoms. The molecule has 0 radical (unpaired) electrons. The summed E-state index contributed by atoms with van der Waals surface area (Å²) in [6.45, 7) is 3.51. The molecule has 0 aliphatic carbocycles. The van der Waals surface area contributed by atoms with Gasteiger partial charge in [0, 0.05) is 32.4 Å². The van der Waals surface area contributed by atoms with Gasteiger partial charge in [-0.05, 0) is 32.1 Å². The normalized spacial score (nSPS) is 11.4. The Kier molecular flexibility index (Phi) is 18.8. The zero-order chi connectivity index (χ0) is 24.0. The van der Waals surface area contributed by atoms with Crippen molar-refractivity contribution in [2.45, 2.75) is 96.4 Å². The van der Waals surface area contributed by atoms with E-state index >= 15 is 0 Å². The highest BCUT2D eigenvalue weighted by Gasteiger charge is 2.21. The van der Waals surface area contributed by atoms with Crippen LogP contribution in [0.5, 0.6) is 0 Å². The molecule has 0 aliphatic heterocycles. The van der Waals surface area contributed by atoms with Gasteiger partial charge in [-0.2, -0.15) is 4.91 Å². The van der Waals surface area contributed by atoms with Crippen LogP contribution in [0.2, 0.25) is 0 Å². The third-order valence-corrected chi connectivity index (χ3v) is 4.97. The summed E-state index contributed by atoms with van der Waals surface area (Å²) in [6.07, 6.45) is 8.37. The van der Waals surface area contributed by atoms with Crippen LogP contribution in [0.15, 0.2) is 5.18 Å². The van der Waals surface area contributed by atoms with E-state index < -0.39 is 11.9 Å². The van der Waals surface area contributed by atoms with E-state index in [1.807, 2.05) is 0 Å². The van der Waals surface area contributed by atoms with Crippen molar-refractivity contribution in [3.8, 4) is 0 Å². The van der Waals surface area contributed by atoms with E-state index in [-0.39, 0.29) is 43.4 Å². The molecule has 5 N–H and O–H groups in total. The van der Waals surface area contributed by atoms with Gasteiger partial charge in [-0.3, -0.25) is 19.2 Å². The zero-order valence-electron chi connectivity index (χ0n) is 19.5. The van der Waals surface area contributed by atoms with Crippen LogP contribution >= 0.6 is 0 Å². The Morgan fingerprint density at radius 1 is 0.781 bits per heavy atom. The monoisotopic (exact) mass is 455 g/mol. The number of nitroso groups, excluding NO2 is 1. The molecule has 0 aliphatic rings. The Bertz CT molecular complexity index is 571. The minimum absolute atomic E-state index is 0.0164. The molecule has 0 heterocycles. The summed E-state index contributed by atoms with van der Waals surface area (Å²) in [5, 5.41) is 11.0. The van der Waals surface area contributed by atoms with E-state index in [2.05, 4.69) is 28.1 Å². The summed E-state index contributed by atoms with van der Waals surface area (Å²) in [7, 11) is 0. The average Bonchev–Trinajstić information content (AvgIpc) is 2.75. The summed E-state index contributed by atoms with van der Waals surface area (Å²) in [6, 6.07) is -0.846. The number of nitrogens with two attached hydrogens (primary N) is 1. The quantitative estimate of drug-likeness (QED) is 0.154. The van der Waals surface area contributed by atoms with Gasteiger partial charge in [0.2, 0.25) is 23.6 Å². The SMILES string of the molecule is CCCCCCNC(=O)CCCC(=O)NC(CCC(N)=O)C(=O)NCCCCCCN=O. The van der Waals surface area contributed by atoms with Crippen molar-refractivity contribution in [1.82, 2.24) is 16.0 Å². The number of unbranched alkanes of at least 4 members (excludes halogenated alkanes) is 6. The number of amides is 4. The van der Waals surface area contributed by atoms with E-state index in [0.29, 0.717) is 26.1 Å². The molecule has 10 nitrogen and oxygen atoms in total. The van der Waals surface area contributed by atoms with Gasteiger partial charge in [0.1, 0.15) is 6.04 Å². The maximum absolute atomic E-state index is 12.4. The number of carbonyl (C=O) groups is 4. The fourth-order valence-corrected chi connectivity index (χ4v) is 3.09. The van der Waals surface area contributed by atoms with Gasteiger partial charge in [-0.1, -0.05) is 44.2 Å². The second kappa shape index (κ2) is 20.4. The fourth-order valence-electron chi connectivity index (χ4n) is 3.09. The molecule has 0 saturated carbocycles. The molecule has 0 aromatic heterocycles. The van der Waals surface area contributed by atoms with Crippen molar-refractivity contribution >= 4 is 23.6 Å². The van der Waals surface area contributed by atoms with Crippen LogP contribution in [0.3, 0.4) is 0 Å². The van der Waals surface area contributed by atoms with Crippen LogP contribution in [0.25, 0.3) is 0 Å². The Hall–Kier alpha value is -2.52. The van der Waals surface area contributed by atoms with Crippen molar-refractivity contribution < 1.29 is 19.2 Å². The average molecular weight is 456 g/mol. The molecular weight excluding hydrogens is 414 g/mol. The van der Waals surface area contributed by atoms with Crippen molar-refractivity contribution in [3.05, 3.63) is 4.91 Å². The number of hydrogen-bond donors (Lipinski definition) is 4. The predicted octanol–water partition coefficient (Wildman–Crippen LogP) is 2.05. The lowest BCUT2D eigenvalue weighted by atomic mass is 10.1. The second-order valence-corrected chi connectivity index (χ2v) is 7.95. The maximum atomic E-state index is 12.4. The Labute approximate surface area is 191 Å². The number of nitrogens with one attached hydrogen (secondary N) is 3. The Morgan fingerprint density at radius 2 is 1.41 bits per heavy atom. The molecule has 184 valence electrons. The summed E-state index contributed by atoms with van der Waals surface area (Å²) >= 11 is 0. The van der Waals surface area contributed by atoms with E-state index in [9.17, 15) is 24.1 Å². The largest absolute Gasteiger partial charge is 0.370 e. The van der Waals surface area contributed by atoms with Crippen molar-refractivity contribution in [2.75, 3.05) is 19.6 Å². The molecule has 1 unspecified atom stereocenters. The molecule has 32 heavy (non-hydrogen) atoms. The highest BCUT2D eigenvalue weighted by atomic mass is 16.3. The topological polar surface area (TPSA) is 160 Å².